The average Bonchev–Trinajstić information content (AvgIpc) is 2.93. The molecular formula is C32H38N4O5. The predicted octanol–water partition coefficient (Wildman–Crippen LogP) is 5.62. The van der Waals surface area contributed by atoms with Gasteiger partial charge in [-0.2, -0.15) is 0 Å². The Morgan fingerprint density at radius 3 is 2.34 bits per heavy atom. The summed E-state index contributed by atoms with van der Waals surface area (Å²) in [5.41, 5.74) is 3.37. The SMILES string of the molecule is COCCOc1cc2ncnc(Nc3ccc(N(CC(C)C)CC(C)C)c(C4=CC(=O)C=CC4=O)c3)c2cc1OC. The smallest absolute Gasteiger partial charge is 0.186 e. The van der Waals surface area contributed by atoms with Gasteiger partial charge in [0.1, 0.15) is 18.8 Å². The second-order valence-corrected chi connectivity index (χ2v) is 10.8. The van der Waals surface area contributed by atoms with Gasteiger partial charge in [-0.1, -0.05) is 27.7 Å². The minimum Gasteiger partial charge on any atom is -0.493 e. The summed E-state index contributed by atoms with van der Waals surface area (Å²) in [4.78, 5) is 36.5. The normalized spacial score (nSPS) is 13.2. The van der Waals surface area contributed by atoms with Crippen LogP contribution in [-0.4, -0.2) is 62.1 Å². The van der Waals surface area contributed by atoms with Crippen LogP contribution in [0.1, 0.15) is 33.3 Å². The van der Waals surface area contributed by atoms with Crippen molar-refractivity contribution in [1.29, 1.82) is 0 Å². The summed E-state index contributed by atoms with van der Waals surface area (Å²) in [6.45, 7) is 11.1. The lowest BCUT2D eigenvalue weighted by Crippen LogP contribution is -2.32. The van der Waals surface area contributed by atoms with Crippen LogP contribution in [0.4, 0.5) is 17.2 Å². The lowest BCUT2D eigenvalue weighted by molar-refractivity contribution is -0.113. The number of allylic oxidation sites excluding steroid dienone is 4. The van der Waals surface area contributed by atoms with Gasteiger partial charge in [-0.15, -0.1) is 0 Å². The summed E-state index contributed by atoms with van der Waals surface area (Å²) in [6, 6.07) is 9.52. The van der Waals surface area contributed by atoms with Crippen LogP contribution in [0.2, 0.25) is 0 Å². The largest absolute Gasteiger partial charge is 0.493 e. The molecule has 9 nitrogen and oxygen atoms in total. The van der Waals surface area contributed by atoms with E-state index >= 15 is 0 Å². The fraction of sp³-hybridized carbons (Fsp3) is 0.375. The highest BCUT2D eigenvalue weighted by Gasteiger charge is 2.23. The summed E-state index contributed by atoms with van der Waals surface area (Å²) in [6.07, 6.45) is 5.55. The highest BCUT2D eigenvalue weighted by atomic mass is 16.5. The van der Waals surface area contributed by atoms with E-state index in [-0.39, 0.29) is 11.6 Å². The lowest BCUT2D eigenvalue weighted by atomic mass is 9.93. The Labute approximate surface area is 241 Å². The van der Waals surface area contributed by atoms with Crippen molar-refractivity contribution in [1.82, 2.24) is 9.97 Å². The zero-order valence-electron chi connectivity index (χ0n) is 24.6. The van der Waals surface area contributed by atoms with Gasteiger partial charge in [0.25, 0.3) is 0 Å². The molecule has 1 N–H and O–H groups in total. The third-order valence-electron chi connectivity index (χ3n) is 6.48. The van der Waals surface area contributed by atoms with Crippen molar-refractivity contribution in [2.45, 2.75) is 27.7 Å². The van der Waals surface area contributed by atoms with Gasteiger partial charge in [0.05, 0.1) is 19.2 Å². The Bertz CT molecular complexity index is 1470. The van der Waals surface area contributed by atoms with Gasteiger partial charge in [-0.05, 0) is 54.3 Å². The number of aromatic nitrogens is 2. The number of nitrogens with zero attached hydrogens (tertiary/aromatic N) is 3. The van der Waals surface area contributed by atoms with Crippen LogP contribution in [0.25, 0.3) is 16.5 Å². The van der Waals surface area contributed by atoms with Gasteiger partial charge in [0.2, 0.25) is 0 Å². The Balaban J connectivity index is 1.78. The van der Waals surface area contributed by atoms with E-state index in [0.29, 0.717) is 64.7 Å². The minimum absolute atomic E-state index is 0.199. The van der Waals surface area contributed by atoms with Crippen LogP contribution < -0.4 is 19.7 Å². The standard InChI is InChI=1S/C32H38N4O5/c1-20(2)17-36(18-21(3)4)28-9-7-22(13-24(28)25-14-23(37)8-10-29(25)38)35-32-26-15-30(40-6)31(41-12-11-39-5)16-27(26)33-19-34-32/h7-10,13-16,19-21H,11-12,17-18H2,1-6H3,(H,33,34,35). The maximum Gasteiger partial charge on any atom is 0.186 e. The Hall–Kier alpha value is -4.24. The maximum absolute atomic E-state index is 13.0. The van der Waals surface area contributed by atoms with E-state index in [1.54, 1.807) is 14.2 Å². The quantitative estimate of drug-likeness (QED) is 0.212. The van der Waals surface area contributed by atoms with Gasteiger partial charge < -0.3 is 24.4 Å². The first-order valence-electron chi connectivity index (χ1n) is 13.8. The molecule has 0 amide bonds. The van der Waals surface area contributed by atoms with E-state index in [4.69, 9.17) is 14.2 Å². The molecule has 3 aromatic rings. The number of nitrogens with one attached hydrogen (secondary N) is 1. The van der Waals surface area contributed by atoms with Crippen molar-refractivity contribution in [3.8, 4) is 11.5 Å². The molecule has 2 aromatic carbocycles. The molecule has 1 aliphatic carbocycles. The lowest BCUT2D eigenvalue weighted by Gasteiger charge is -2.31. The third kappa shape index (κ3) is 7.29. The zero-order valence-corrected chi connectivity index (χ0v) is 24.6. The van der Waals surface area contributed by atoms with Gasteiger partial charge in [-0.25, -0.2) is 9.97 Å². The van der Waals surface area contributed by atoms with Crippen molar-refractivity contribution in [2.24, 2.45) is 11.8 Å². The molecule has 216 valence electrons. The Kier molecular flexibility index (Phi) is 9.73. The number of hydrogen-bond acceptors (Lipinski definition) is 9. The van der Waals surface area contributed by atoms with E-state index in [0.717, 1.165) is 24.2 Å². The van der Waals surface area contributed by atoms with Gasteiger partial charge in [0.15, 0.2) is 23.1 Å². The molecule has 1 aromatic heterocycles. The number of ether oxygens (including phenoxy) is 3. The monoisotopic (exact) mass is 558 g/mol. The average molecular weight is 559 g/mol. The number of fused-ring (bicyclic) bond motifs is 1. The molecule has 41 heavy (non-hydrogen) atoms. The predicted molar refractivity (Wildman–Crippen MR) is 162 cm³/mol. The van der Waals surface area contributed by atoms with Crippen LogP contribution in [0.15, 0.2) is 54.9 Å². The van der Waals surface area contributed by atoms with Crippen molar-refractivity contribution < 1.29 is 23.8 Å². The van der Waals surface area contributed by atoms with Crippen LogP contribution >= 0.6 is 0 Å². The summed E-state index contributed by atoms with van der Waals surface area (Å²) in [7, 11) is 3.20. The van der Waals surface area contributed by atoms with E-state index in [2.05, 4.69) is 47.9 Å². The number of rotatable bonds is 13. The first-order valence-corrected chi connectivity index (χ1v) is 13.8. The van der Waals surface area contributed by atoms with Crippen molar-refractivity contribution in [3.63, 3.8) is 0 Å². The molecule has 4 rings (SSSR count). The van der Waals surface area contributed by atoms with Gasteiger partial charge >= 0.3 is 0 Å². The van der Waals surface area contributed by atoms with Gasteiger partial charge in [0, 0.05) is 54.2 Å². The number of methoxy groups -OCH3 is 2. The van der Waals surface area contributed by atoms with E-state index < -0.39 is 0 Å². The number of benzene rings is 2. The molecule has 1 heterocycles. The number of carbonyl (C=O) groups is 2. The Morgan fingerprint density at radius 1 is 0.902 bits per heavy atom. The fourth-order valence-corrected chi connectivity index (χ4v) is 4.79. The molecule has 1 aliphatic rings. The molecule has 0 radical (unpaired) electrons. The molecule has 0 bridgehead atoms. The van der Waals surface area contributed by atoms with Gasteiger partial charge in [-0.3, -0.25) is 9.59 Å². The fourth-order valence-electron chi connectivity index (χ4n) is 4.79. The number of anilines is 3. The molecule has 0 saturated carbocycles. The van der Waals surface area contributed by atoms with Crippen molar-refractivity contribution in [3.05, 3.63) is 60.5 Å². The van der Waals surface area contributed by atoms with E-state index in [1.807, 2.05) is 30.3 Å². The molecule has 0 unspecified atom stereocenters. The number of ketones is 2. The first-order chi connectivity index (χ1) is 19.7. The third-order valence-corrected chi connectivity index (χ3v) is 6.48. The molecule has 0 fully saturated rings. The van der Waals surface area contributed by atoms with Crippen molar-refractivity contribution >= 4 is 45.2 Å². The summed E-state index contributed by atoms with van der Waals surface area (Å²) < 4.78 is 16.5. The Morgan fingerprint density at radius 2 is 1.66 bits per heavy atom. The highest BCUT2D eigenvalue weighted by molar-refractivity contribution is 6.34. The first kappa shape index (κ1) is 29.7. The van der Waals surface area contributed by atoms with Crippen LogP contribution in [0.3, 0.4) is 0 Å². The van der Waals surface area contributed by atoms with E-state index in [9.17, 15) is 9.59 Å². The number of carbonyl (C=O) groups excluding carboxylic acids is 2. The highest BCUT2D eigenvalue weighted by Crippen LogP contribution is 2.37. The van der Waals surface area contributed by atoms with Crippen molar-refractivity contribution in [2.75, 3.05) is 50.7 Å². The zero-order chi connectivity index (χ0) is 29.5. The molecule has 0 spiro atoms. The molecule has 0 saturated heterocycles. The molecule has 9 heteroatoms. The maximum atomic E-state index is 13.0. The summed E-state index contributed by atoms with van der Waals surface area (Å²) >= 11 is 0. The second kappa shape index (κ2) is 13.4. The minimum atomic E-state index is -0.208. The van der Waals surface area contributed by atoms with E-state index in [1.165, 1.54) is 24.6 Å². The van der Waals surface area contributed by atoms with Crippen LogP contribution in [-0.2, 0) is 14.3 Å². The van der Waals surface area contributed by atoms with Crippen LogP contribution in [0.5, 0.6) is 11.5 Å². The van der Waals surface area contributed by atoms with Crippen LogP contribution in [0, 0.1) is 11.8 Å². The second-order valence-electron chi connectivity index (χ2n) is 10.8. The number of hydrogen-bond donors (Lipinski definition) is 1. The summed E-state index contributed by atoms with van der Waals surface area (Å²) in [5, 5.41) is 4.13. The summed E-state index contributed by atoms with van der Waals surface area (Å²) in [5.74, 6) is 2.07. The molecule has 0 atom stereocenters. The molecule has 0 aliphatic heterocycles. The molecular weight excluding hydrogens is 520 g/mol. The topological polar surface area (TPSA) is 103 Å².